The third-order valence-corrected chi connectivity index (χ3v) is 4.83. The van der Waals surface area contributed by atoms with Crippen LogP contribution in [0.25, 0.3) is 5.69 Å². The third kappa shape index (κ3) is 3.21. The average molecular weight is 360 g/mol. The largest absolute Gasteiger partial charge is 0.341 e. The first kappa shape index (κ1) is 17.0. The molecule has 1 N–H and O–H groups in total. The van der Waals surface area contributed by atoms with Crippen LogP contribution in [0.2, 0.25) is 0 Å². The molecule has 1 aromatic heterocycles. The number of hydrogen-bond acceptors (Lipinski definition) is 3. The number of carbonyl (C=O) groups is 2. The molecule has 2 aromatic carbocycles. The maximum absolute atomic E-state index is 12.7. The lowest BCUT2D eigenvalue weighted by atomic mass is 9.98. The molecule has 6 heteroatoms. The van der Waals surface area contributed by atoms with Gasteiger partial charge in [0.25, 0.3) is 11.8 Å². The van der Waals surface area contributed by atoms with Crippen molar-refractivity contribution in [1.29, 1.82) is 0 Å². The molecule has 27 heavy (non-hydrogen) atoms. The van der Waals surface area contributed by atoms with Gasteiger partial charge in [-0.05, 0) is 43.2 Å². The summed E-state index contributed by atoms with van der Waals surface area (Å²) in [5.41, 5.74) is 4.31. The summed E-state index contributed by atoms with van der Waals surface area (Å²) >= 11 is 0. The molecule has 0 atom stereocenters. The molecule has 3 aromatic rings. The van der Waals surface area contributed by atoms with Crippen LogP contribution < -0.4 is 5.32 Å². The minimum Gasteiger partial charge on any atom is -0.341 e. The van der Waals surface area contributed by atoms with E-state index < -0.39 is 0 Å². The summed E-state index contributed by atoms with van der Waals surface area (Å²) in [6.45, 7) is 2.52. The number of anilines is 1. The topological polar surface area (TPSA) is 67.2 Å². The predicted octanol–water partition coefficient (Wildman–Crippen LogP) is 3.06. The van der Waals surface area contributed by atoms with Crippen molar-refractivity contribution in [3.05, 3.63) is 77.1 Å². The number of carbonyl (C=O) groups excluding carboxylic acids is 2. The van der Waals surface area contributed by atoms with Crippen LogP contribution in [0, 0.1) is 6.92 Å². The molecule has 0 aliphatic carbocycles. The Kier molecular flexibility index (Phi) is 4.24. The number of nitrogens with one attached hydrogen (secondary N) is 1. The summed E-state index contributed by atoms with van der Waals surface area (Å²) in [6, 6.07) is 15.1. The zero-order valence-corrected chi connectivity index (χ0v) is 15.3. The number of benzene rings is 2. The van der Waals surface area contributed by atoms with E-state index >= 15 is 0 Å². The van der Waals surface area contributed by atoms with E-state index in [0.717, 1.165) is 24.2 Å². The molecular weight excluding hydrogens is 340 g/mol. The van der Waals surface area contributed by atoms with Crippen LogP contribution in [0.3, 0.4) is 0 Å². The van der Waals surface area contributed by atoms with E-state index in [1.807, 2.05) is 42.5 Å². The molecule has 0 fully saturated rings. The van der Waals surface area contributed by atoms with Crippen molar-refractivity contribution in [3.63, 3.8) is 0 Å². The highest BCUT2D eigenvalue weighted by atomic mass is 16.2. The number of fused-ring (bicyclic) bond motifs is 1. The Morgan fingerprint density at radius 3 is 2.70 bits per heavy atom. The number of aryl methyl sites for hydroxylation is 1. The van der Waals surface area contributed by atoms with Crippen LogP contribution in [0.4, 0.5) is 5.69 Å². The Morgan fingerprint density at radius 1 is 1.15 bits per heavy atom. The van der Waals surface area contributed by atoms with E-state index in [2.05, 4.69) is 10.4 Å². The third-order valence-electron chi connectivity index (χ3n) is 4.83. The van der Waals surface area contributed by atoms with E-state index in [-0.39, 0.29) is 11.8 Å². The lowest BCUT2D eigenvalue weighted by Crippen LogP contribution is -2.34. The molecular formula is C21H20N4O2. The smallest absolute Gasteiger partial charge is 0.259 e. The molecule has 1 aliphatic rings. The summed E-state index contributed by atoms with van der Waals surface area (Å²) in [5.74, 6) is -0.258. The van der Waals surface area contributed by atoms with Gasteiger partial charge in [-0.3, -0.25) is 9.59 Å². The van der Waals surface area contributed by atoms with Gasteiger partial charge >= 0.3 is 0 Å². The molecule has 6 nitrogen and oxygen atoms in total. The molecule has 0 radical (unpaired) electrons. The monoisotopic (exact) mass is 360 g/mol. The van der Waals surface area contributed by atoms with Gasteiger partial charge in [0.2, 0.25) is 0 Å². The van der Waals surface area contributed by atoms with Crippen LogP contribution in [0.15, 0.2) is 54.7 Å². The van der Waals surface area contributed by atoms with E-state index in [0.29, 0.717) is 22.5 Å². The Morgan fingerprint density at radius 2 is 1.93 bits per heavy atom. The van der Waals surface area contributed by atoms with Crippen molar-refractivity contribution in [3.8, 4) is 5.69 Å². The fourth-order valence-electron chi connectivity index (χ4n) is 3.26. The van der Waals surface area contributed by atoms with E-state index in [1.165, 1.54) is 0 Å². The molecule has 0 bridgehead atoms. The van der Waals surface area contributed by atoms with E-state index in [1.54, 1.807) is 35.8 Å². The first-order valence-electron chi connectivity index (χ1n) is 8.84. The summed E-state index contributed by atoms with van der Waals surface area (Å²) in [4.78, 5) is 26.8. The van der Waals surface area contributed by atoms with Gasteiger partial charge in [0.15, 0.2) is 0 Å². The maximum Gasteiger partial charge on any atom is 0.259 e. The molecule has 1 aliphatic heterocycles. The van der Waals surface area contributed by atoms with Gasteiger partial charge in [-0.15, -0.1) is 0 Å². The van der Waals surface area contributed by atoms with E-state index in [9.17, 15) is 9.59 Å². The Bertz CT molecular complexity index is 1020. The molecule has 0 spiro atoms. The second-order valence-corrected chi connectivity index (χ2v) is 6.71. The maximum atomic E-state index is 12.7. The molecule has 0 saturated carbocycles. The normalized spacial score (nSPS) is 13.4. The van der Waals surface area contributed by atoms with Crippen LogP contribution in [0.5, 0.6) is 0 Å². The number of aromatic nitrogens is 2. The minimum atomic E-state index is -0.244. The summed E-state index contributed by atoms with van der Waals surface area (Å²) in [5, 5.41) is 7.32. The number of hydrogen-bond donors (Lipinski definition) is 1. The molecule has 136 valence electrons. The Labute approximate surface area is 157 Å². The highest BCUT2D eigenvalue weighted by Gasteiger charge is 2.22. The second-order valence-electron chi connectivity index (χ2n) is 6.71. The van der Waals surface area contributed by atoms with Crippen LogP contribution in [-0.4, -0.2) is 40.1 Å². The van der Waals surface area contributed by atoms with Crippen LogP contribution in [-0.2, 0) is 6.42 Å². The highest BCUT2D eigenvalue weighted by molar-refractivity contribution is 6.06. The zero-order chi connectivity index (χ0) is 19.0. The summed E-state index contributed by atoms with van der Waals surface area (Å²) in [6.07, 6.45) is 2.55. The zero-order valence-electron chi connectivity index (χ0n) is 15.3. The van der Waals surface area contributed by atoms with Gasteiger partial charge in [-0.25, -0.2) is 4.68 Å². The van der Waals surface area contributed by atoms with Gasteiger partial charge in [0.05, 0.1) is 16.9 Å². The van der Waals surface area contributed by atoms with Crippen LogP contribution in [0.1, 0.15) is 32.0 Å². The van der Waals surface area contributed by atoms with Crippen LogP contribution >= 0.6 is 0 Å². The number of para-hydroxylation sites is 1. The Hall–Kier alpha value is -3.41. The quantitative estimate of drug-likeness (QED) is 0.781. The van der Waals surface area contributed by atoms with Gasteiger partial charge in [0, 0.05) is 31.0 Å². The summed E-state index contributed by atoms with van der Waals surface area (Å²) < 4.78 is 1.69. The average Bonchev–Trinajstić information content (AvgIpc) is 3.08. The SMILES string of the molecule is Cc1nn(-c2ccccc2)cc1C(=O)Nc1ccc2c(c1)C(=O)N(C)CC2. The standard InChI is InChI=1S/C21H20N4O2/c1-14-19(13-25(23-14)17-6-4-3-5-7-17)20(26)22-16-9-8-15-10-11-24(2)21(27)18(15)12-16/h3-9,12-13H,10-11H2,1-2H3,(H,22,26). The molecule has 0 saturated heterocycles. The second kappa shape index (κ2) is 6.72. The number of likely N-dealkylation sites (N-methyl/N-ethyl adjacent to an activating group) is 1. The Balaban J connectivity index is 1.58. The molecule has 2 heterocycles. The summed E-state index contributed by atoms with van der Waals surface area (Å²) in [7, 11) is 1.79. The number of rotatable bonds is 3. The minimum absolute atomic E-state index is 0.0135. The molecule has 0 unspecified atom stereocenters. The number of nitrogens with zero attached hydrogens (tertiary/aromatic N) is 3. The lowest BCUT2D eigenvalue weighted by Gasteiger charge is -2.25. The van der Waals surface area contributed by atoms with Gasteiger partial charge in [-0.1, -0.05) is 24.3 Å². The fourth-order valence-corrected chi connectivity index (χ4v) is 3.26. The fraction of sp³-hybridized carbons (Fsp3) is 0.190. The predicted molar refractivity (Wildman–Crippen MR) is 103 cm³/mol. The van der Waals surface area contributed by atoms with Crippen molar-refractivity contribution >= 4 is 17.5 Å². The van der Waals surface area contributed by atoms with Crippen molar-refractivity contribution in [1.82, 2.24) is 14.7 Å². The van der Waals surface area contributed by atoms with E-state index in [4.69, 9.17) is 0 Å². The first-order valence-corrected chi connectivity index (χ1v) is 8.84. The number of amides is 2. The van der Waals surface area contributed by atoms with Gasteiger partial charge in [0.1, 0.15) is 0 Å². The first-order chi connectivity index (χ1) is 13.0. The van der Waals surface area contributed by atoms with Gasteiger partial charge < -0.3 is 10.2 Å². The molecule has 4 rings (SSSR count). The van der Waals surface area contributed by atoms with Crippen molar-refractivity contribution in [2.24, 2.45) is 0 Å². The molecule has 2 amide bonds. The van der Waals surface area contributed by atoms with Crippen molar-refractivity contribution in [2.75, 3.05) is 18.9 Å². The van der Waals surface area contributed by atoms with Crippen molar-refractivity contribution in [2.45, 2.75) is 13.3 Å². The van der Waals surface area contributed by atoms with Gasteiger partial charge in [-0.2, -0.15) is 5.10 Å². The van der Waals surface area contributed by atoms with Crippen molar-refractivity contribution < 1.29 is 9.59 Å². The highest BCUT2D eigenvalue weighted by Crippen LogP contribution is 2.23. The lowest BCUT2D eigenvalue weighted by molar-refractivity contribution is 0.0780.